The van der Waals surface area contributed by atoms with E-state index in [9.17, 15) is 0 Å². The summed E-state index contributed by atoms with van der Waals surface area (Å²) >= 11 is 3.44. The van der Waals surface area contributed by atoms with Crippen molar-refractivity contribution >= 4 is 15.9 Å². The Bertz CT molecular complexity index is 253. The molecule has 1 heteroatoms. The van der Waals surface area contributed by atoms with Crippen molar-refractivity contribution in [1.29, 1.82) is 0 Å². The molecule has 0 nitrogen and oxygen atoms in total. The van der Waals surface area contributed by atoms with E-state index in [1.807, 2.05) is 0 Å². The van der Waals surface area contributed by atoms with Crippen LogP contribution in [0.25, 0.3) is 0 Å². The Kier molecular flexibility index (Phi) is 1.53. The summed E-state index contributed by atoms with van der Waals surface area (Å²) in [5.41, 5.74) is 2.72. The summed E-state index contributed by atoms with van der Waals surface area (Å²) in [6.45, 7) is 0. The van der Waals surface area contributed by atoms with E-state index in [1.54, 1.807) is 0 Å². The molecule has 0 unspecified atom stereocenters. The first kappa shape index (κ1) is 6.41. The van der Waals surface area contributed by atoms with Crippen LogP contribution in [-0.4, -0.2) is 0 Å². The van der Waals surface area contributed by atoms with Crippen LogP contribution in [0.15, 0.2) is 22.7 Å². The molecular weight excluding hydrogens is 188 g/mol. The van der Waals surface area contributed by atoms with Gasteiger partial charge in [-0.15, -0.1) is 0 Å². The maximum Gasteiger partial charge on any atom is 0.0178 e. The van der Waals surface area contributed by atoms with Gasteiger partial charge in [0.1, 0.15) is 0 Å². The summed E-state index contributed by atoms with van der Waals surface area (Å²) in [4.78, 5) is 0. The molecule has 0 heterocycles. The predicted octanol–water partition coefficient (Wildman–Crippen LogP) is 2.82. The average Bonchev–Trinajstić information content (AvgIpc) is 2.33. The fraction of sp³-hybridized carbons (Fsp3) is 0.222. The Morgan fingerprint density at radius 2 is 2.30 bits per heavy atom. The molecule has 0 aliphatic heterocycles. The molecule has 2 rings (SSSR count). The minimum atomic E-state index is 1.09. The number of hydrogen-bond acceptors (Lipinski definition) is 0. The Hall–Kier alpha value is -0.300. The molecule has 1 aliphatic rings. The second kappa shape index (κ2) is 2.39. The number of fused-ring (bicyclic) bond motifs is 1. The lowest BCUT2D eigenvalue weighted by atomic mass is 10.1. The summed E-state index contributed by atoms with van der Waals surface area (Å²) in [7, 11) is 0. The zero-order chi connectivity index (χ0) is 6.97. The van der Waals surface area contributed by atoms with E-state index in [0.717, 1.165) is 12.8 Å². The van der Waals surface area contributed by atoms with E-state index in [0.29, 0.717) is 0 Å². The van der Waals surface area contributed by atoms with Crippen molar-refractivity contribution in [1.82, 2.24) is 0 Å². The lowest BCUT2D eigenvalue weighted by Crippen LogP contribution is -1.78. The third-order valence-corrected chi connectivity index (χ3v) is 2.27. The molecule has 50 valence electrons. The molecule has 1 aromatic carbocycles. The second-order valence-electron chi connectivity index (χ2n) is 2.48. The molecule has 0 fully saturated rings. The highest BCUT2D eigenvalue weighted by atomic mass is 79.9. The minimum Gasteiger partial charge on any atom is -0.0570 e. The molecule has 0 amide bonds. The van der Waals surface area contributed by atoms with Gasteiger partial charge in [-0.25, -0.2) is 0 Å². The summed E-state index contributed by atoms with van der Waals surface area (Å²) in [5.74, 6) is 0. The molecule has 2 radical (unpaired) electrons. The Morgan fingerprint density at radius 3 is 3.20 bits per heavy atom. The molecule has 0 N–H and O–H groups in total. The second-order valence-corrected chi connectivity index (χ2v) is 3.39. The Balaban J connectivity index is 2.52. The van der Waals surface area contributed by atoms with E-state index >= 15 is 0 Å². The van der Waals surface area contributed by atoms with Gasteiger partial charge in [-0.05, 0) is 36.1 Å². The quantitative estimate of drug-likeness (QED) is 0.597. The van der Waals surface area contributed by atoms with Crippen molar-refractivity contribution in [2.75, 3.05) is 0 Å². The number of aryl methyl sites for hydroxylation is 1. The van der Waals surface area contributed by atoms with Gasteiger partial charge < -0.3 is 0 Å². The highest BCUT2D eigenvalue weighted by Gasteiger charge is 2.10. The Labute approximate surface area is 69.4 Å². The van der Waals surface area contributed by atoms with E-state index < -0.39 is 0 Å². The monoisotopic (exact) mass is 194 g/mol. The standard InChI is InChI=1S/C9H7Br/c10-9-5-4-7-2-1-3-8(7)6-9/h4-6H,1,3H2. The maximum absolute atomic E-state index is 3.44. The molecule has 0 atom stereocenters. The van der Waals surface area contributed by atoms with Gasteiger partial charge in [-0.2, -0.15) is 0 Å². The van der Waals surface area contributed by atoms with Gasteiger partial charge in [-0.1, -0.05) is 22.0 Å². The van der Waals surface area contributed by atoms with Gasteiger partial charge in [-0.3, -0.25) is 0 Å². The fourth-order valence-corrected chi connectivity index (χ4v) is 1.68. The van der Waals surface area contributed by atoms with Crippen LogP contribution < -0.4 is 0 Å². The first-order valence-corrected chi connectivity index (χ1v) is 4.18. The topological polar surface area (TPSA) is 0 Å². The number of benzene rings is 1. The molecule has 0 saturated carbocycles. The van der Waals surface area contributed by atoms with E-state index in [4.69, 9.17) is 0 Å². The zero-order valence-corrected chi connectivity index (χ0v) is 7.11. The van der Waals surface area contributed by atoms with Crippen LogP contribution >= 0.6 is 15.9 Å². The summed E-state index contributed by atoms with van der Waals surface area (Å²) in [6, 6.07) is 6.36. The Morgan fingerprint density at radius 1 is 1.40 bits per heavy atom. The largest absolute Gasteiger partial charge is 0.0570 e. The van der Waals surface area contributed by atoms with E-state index in [1.165, 1.54) is 15.6 Å². The molecule has 0 saturated heterocycles. The van der Waals surface area contributed by atoms with Gasteiger partial charge in [0.25, 0.3) is 0 Å². The lowest BCUT2D eigenvalue weighted by molar-refractivity contribution is 1.03. The first-order valence-electron chi connectivity index (χ1n) is 3.38. The van der Waals surface area contributed by atoms with Crippen LogP contribution in [0.1, 0.15) is 17.5 Å². The molecule has 1 aliphatic carbocycles. The van der Waals surface area contributed by atoms with Crippen LogP contribution in [0.4, 0.5) is 0 Å². The van der Waals surface area contributed by atoms with Crippen molar-refractivity contribution in [2.45, 2.75) is 12.8 Å². The third kappa shape index (κ3) is 0.988. The number of rotatable bonds is 0. The van der Waals surface area contributed by atoms with Crippen molar-refractivity contribution < 1.29 is 0 Å². The third-order valence-electron chi connectivity index (χ3n) is 1.78. The number of hydrogen-bond donors (Lipinski definition) is 0. The fourth-order valence-electron chi connectivity index (χ4n) is 1.27. The molecule has 0 spiro atoms. The summed E-state index contributed by atoms with van der Waals surface area (Å²) < 4.78 is 1.18. The van der Waals surface area contributed by atoms with Crippen molar-refractivity contribution in [2.24, 2.45) is 0 Å². The minimum absolute atomic E-state index is 1.09. The first-order chi connectivity index (χ1) is 4.86. The average molecular weight is 195 g/mol. The predicted molar refractivity (Wildman–Crippen MR) is 44.8 cm³/mol. The van der Waals surface area contributed by atoms with Gasteiger partial charge in [0.15, 0.2) is 0 Å². The van der Waals surface area contributed by atoms with Crippen LogP contribution in [-0.2, 0) is 6.42 Å². The molecule has 0 aromatic heterocycles. The lowest BCUT2D eigenvalue weighted by Gasteiger charge is -1.96. The van der Waals surface area contributed by atoms with Crippen molar-refractivity contribution in [3.05, 3.63) is 40.2 Å². The van der Waals surface area contributed by atoms with E-state index in [-0.39, 0.29) is 0 Å². The highest BCUT2D eigenvalue weighted by molar-refractivity contribution is 9.10. The SMILES string of the molecule is Brc1ccc2c(c1)CC[C]2. The maximum atomic E-state index is 3.44. The van der Waals surface area contributed by atoms with Gasteiger partial charge in [0, 0.05) is 10.9 Å². The van der Waals surface area contributed by atoms with Crippen molar-refractivity contribution in [3.8, 4) is 0 Å². The molecular formula is C9H7Br. The van der Waals surface area contributed by atoms with Gasteiger partial charge >= 0.3 is 0 Å². The normalized spacial score (nSPS) is 15.3. The summed E-state index contributed by atoms with van der Waals surface area (Å²) in [6.07, 6.45) is 5.56. The van der Waals surface area contributed by atoms with Crippen LogP contribution in [0.3, 0.4) is 0 Å². The van der Waals surface area contributed by atoms with Gasteiger partial charge in [0.05, 0.1) is 0 Å². The van der Waals surface area contributed by atoms with Crippen LogP contribution in [0, 0.1) is 6.42 Å². The molecule has 10 heavy (non-hydrogen) atoms. The zero-order valence-electron chi connectivity index (χ0n) is 5.52. The smallest absolute Gasteiger partial charge is 0.0178 e. The highest BCUT2D eigenvalue weighted by Crippen LogP contribution is 2.26. The van der Waals surface area contributed by atoms with E-state index in [2.05, 4.69) is 40.5 Å². The molecule has 1 aromatic rings. The van der Waals surface area contributed by atoms with Crippen LogP contribution in [0.2, 0.25) is 0 Å². The number of halogens is 1. The summed E-state index contributed by atoms with van der Waals surface area (Å²) in [5, 5.41) is 0. The van der Waals surface area contributed by atoms with Crippen LogP contribution in [0.5, 0.6) is 0 Å². The van der Waals surface area contributed by atoms with Gasteiger partial charge in [0.2, 0.25) is 0 Å². The van der Waals surface area contributed by atoms with Crippen molar-refractivity contribution in [3.63, 3.8) is 0 Å². The molecule has 0 bridgehead atoms.